The zero-order chi connectivity index (χ0) is 22.9. The fourth-order valence-electron chi connectivity index (χ4n) is 3.56. The van der Waals surface area contributed by atoms with Crippen LogP contribution in [0.4, 0.5) is 0 Å². The fraction of sp³-hybridized carbons (Fsp3) is 0.292. The van der Waals surface area contributed by atoms with Gasteiger partial charge in [-0.3, -0.25) is 9.59 Å². The molecule has 2 N–H and O–H groups in total. The summed E-state index contributed by atoms with van der Waals surface area (Å²) in [7, 11) is 0. The number of aliphatic imine (C=N–C) groups is 1. The summed E-state index contributed by atoms with van der Waals surface area (Å²) in [6, 6.07) is 11.8. The molecule has 0 saturated carbocycles. The number of primary amides is 1. The molecule has 3 aromatic rings. The van der Waals surface area contributed by atoms with E-state index in [1.807, 2.05) is 19.9 Å². The van der Waals surface area contributed by atoms with E-state index in [9.17, 15) is 9.59 Å². The van der Waals surface area contributed by atoms with E-state index in [0.29, 0.717) is 47.3 Å². The van der Waals surface area contributed by atoms with Crippen LogP contribution in [-0.4, -0.2) is 36.3 Å². The van der Waals surface area contributed by atoms with Crippen molar-refractivity contribution >= 4 is 40.2 Å². The van der Waals surface area contributed by atoms with Gasteiger partial charge in [-0.15, -0.1) is 0 Å². The minimum atomic E-state index is -0.580. The Bertz CT molecular complexity index is 1210. The van der Waals surface area contributed by atoms with Crippen LogP contribution in [0.3, 0.4) is 0 Å². The third-order valence-corrected chi connectivity index (χ3v) is 5.32. The highest BCUT2D eigenvalue weighted by molar-refractivity contribution is 6.30. The van der Waals surface area contributed by atoms with Crippen molar-refractivity contribution in [2.75, 3.05) is 13.2 Å². The molecule has 4 rings (SSSR count). The number of nitrogens with two attached hydrogens (primary N) is 1. The van der Waals surface area contributed by atoms with Crippen LogP contribution < -0.4 is 10.5 Å². The number of fused-ring (bicyclic) bond motifs is 1. The molecular formula is C24H23ClN2O5. The normalized spacial score (nSPS) is 14.8. The van der Waals surface area contributed by atoms with Gasteiger partial charge in [-0.1, -0.05) is 11.6 Å². The Morgan fingerprint density at radius 1 is 1.16 bits per heavy atom. The summed E-state index contributed by atoms with van der Waals surface area (Å²) >= 11 is 5.96. The maximum absolute atomic E-state index is 13.3. The number of ether oxygens (including phenoxy) is 2. The minimum Gasteiger partial charge on any atom is -0.484 e. The predicted molar refractivity (Wildman–Crippen MR) is 122 cm³/mol. The first kappa shape index (κ1) is 21.9. The Morgan fingerprint density at radius 2 is 1.91 bits per heavy atom. The SMILES string of the molecule is CC1(C)COC(CCc2c(C(=O)c3ccc(Cl)cc3)oc3cc(OCC(N)=O)ccc23)=N1. The average molecular weight is 455 g/mol. The lowest BCUT2D eigenvalue weighted by Gasteiger charge is -2.07. The van der Waals surface area contributed by atoms with Crippen molar-refractivity contribution in [2.45, 2.75) is 32.2 Å². The molecule has 0 spiro atoms. The Hall–Kier alpha value is -3.32. The number of furan rings is 1. The molecule has 0 aliphatic carbocycles. The number of hydrogen-bond acceptors (Lipinski definition) is 6. The first-order chi connectivity index (χ1) is 15.2. The smallest absolute Gasteiger partial charge is 0.255 e. The van der Waals surface area contributed by atoms with Gasteiger partial charge in [0, 0.05) is 34.0 Å². The molecule has 0 saturated heterocycles. The van der Waals surface area contributed by atoms with Crippen molar-refractivity contribution < 1.29 is 23.5 Å². The number of amides is 1. The van der Waals surface area contributed by atoms with Crippen LogP contribution in [0.15, 0.2) is 51.9 Å². The minimum absolute atomic E-state index is 0.243. The Labute approximate surface area is 190 Å². The van der Waals surface area contributed by atoms with E-state index in [1.165, 1.54) is 0 Å². The molecule has 2 aromatic carbocycles. The molecule has 32 heavy (non-hydrogen) atoms. The van der Waals surface area contributed by atoms with Crippen molar-refractivity contribution in [3.63, 3.8) is 0 Å². The number of nitrogens with zero attached hydrogens (tertiary/aromatic N) is 1. The lowest BCUT2D eigenvalue weighted by atomic mass is 10.00. The molecule has 2 heterocycles. The summed E-state index contributed by atoms with van der Waals surface area (Å²) in [5.74, 6) is 0.501. The van der Waals surface area contributed by atoms with Gasteiger partial charge in [0.05, 0.1) is 5.54 Å². The van der Waals surface area contributed by atoms with Crippen molar-refractivity contribution in [2.24, 2.45) is 10.7 Å². The standard InChI is InChI=1S/C24H23ClN2O5/c1-24(2)13-31-21(27-24)10-9-18-17-8-7-16(30-12-20(26)28)11-19(17)32-23(18)22(29)14-3-5-15(25)6-4-14/h3-8,11H,9-10,12-13H2,1-2H3,(H2,26,28). The van der Waals surface area contributed by atoms with Crippen LogP contribution in [-0.2, 0) is 16.0 Å². The lowest BCUT2D eigenvalue weighted by Crippen LogP contribution is -2.19. The van der Waals surface area contributed by atoms with Crippen LogP contribution in [0.25, 0.3) is 11.0 Å². The molecule has 1 aliphatic rings. The molecule has 0 atom stereocenters. The van der Waals surface area contributed by atoms with Gasteiger partial charge >= 0.3 is 0 Å². The monoisotopic (exact) mass is 454 g/mol. The Kier molecular flexibility index (Phi) is 5.93. The van der Waals surface area contributed by atoms with Gasteiger partial charge in [0.15, 0.2) is 18.3 Å². The third kappa shape index (κ3) is 4.78. The number of hydrogen-bond donors (Lipinski definition) is 1. The zero-order valence-corrected chi connectivity index (χ0v) is 18.6. The maximum Gasteiger partial charge on any atom is 0.255 e. The van der Waals surface area contributed by atoms with Gasteiger partial charge < -0.3 is 19.6 Å². The Morgan fingerprint density at radius 3 is 2.56 bits per heavy atom. The first-order valence-electron chi connectivity index (χ1n) is 10.2. The molecule has 1 amide bonds. The number of carbonyl (C=O) groups excluding carboxylic acids is 2. The van der Waals surface area contributed by atoms with Crippen molar-refractivity contribution in [1.29, 1.82) is 0 Å². The number of halogens is 1. The van der Waals surface area contributed by atoms with E-state index in [4.69, 9.17) is 31.2 Å². The number of carbonyl (C=O) groups is 2. The van der Waals surface area contributed by atoms with Crippen LogP contribution in [0, 0.1) is 0 Å². The summed E-state index contributed by atoms with van der Waals surface area (Å²) in [4.78, 5) is 28.9. The van der Waals surface area contributed by atoms with Gasteiger partial charge in [-0.2, -0.15) is 0 Å². The third-order valence-electron chi connectivity index (χ3n) is 5.07. The van der Waals surface area contributed by atoms with Crippen LogP contribution >= 0.6 is 11.6 Å². The second-order valence-corrected chi connectivity index (χ2v) is 8.70. The van der Waals surface area contributed by atoms with Gasteiger partial charge in [-0.25, -0.2) is 4.99 Å². The summed E-state index contributed by atoms with van der Waals surface area (Å²) in [5.41, 5.74) is 6.61. The molecule has 1 aromatic heterocycles. The zero-order valence-electron chi connectivity index (χ0n) is 17.8. The van der Waals surface area contributed by atoms with E-state index >= 15 is 0 Å². The molecule has 166 valence electrons. The number of aryl methyl sites for hydroxylation is 1. The van der Waals surface area contributed by atoms with E-state index in [1.54, 1.807) is 36.4 Å². The highest BCUT2D eigenvalue weighted by atomic mass is 35.5. The highest BCUT2D eigenvalue weighted by Crippen LogP contribution is 2.32. The number of rotatable bonds is 8. The topological polar surface area (TPSA) is 104 Å². The van der Waals surface area contributed by atoms with E-state index in [0.717, 1.165) is 10.9 Å². The lowest BCUT2D eigenvalue weighted by molar-refractivity contribution is -0.119. The van der Waals surface area contributed by atoms with Crippen molar-refractivity contribution in [3.8, 4) is 5.75 Å². The summed E-state index contributed by atoms with van der Waals surface area (Å²) in [6.45, 7) is 4.31. The van der Waals surface area contributed by atoms with Crippen LogP contribution in [0.5, 0.6) is 5.75 Å². The van der Waals surface area contributed by atoms with Gasteiger partial charge in [0.2, 0.25) is 5.78 Å². The van der Waals surface area contributed by atoms with Crippen LogP contribution in [0.1, 0.15) is 41.9 Å². The van der Waals surface area contributed by atoms with Gasteiger partial charge in [0.25, 0.3) is 5.91 Å². The van der Waals surface area contributed by atoms with Crippen LogP contribution in [0.2, 0.25) is 5.02 Å². The van der Waals surface area contributed by atoms with E-state index in [-0.39, 0.29) is 23.7 Å². The quantitative estimate of drug-likeness (QED) is 0.510. The highest BCUT2D eigenvalue weighted by Gasteiger charge is 2.27. The molecule has 1 aliphatic heterocycles. The second-order valence-electron chi connectivity index (χ2n) is 8.27. The molecule has 0 unspecified atom stereocenters. The Balaban J connectivity index is 1.70. The first-order valence-corrected chi connectivity index (χ1v) is 10.6. The van der Waals surface area contributed by atoms with Crippen molar-refractivity contribution in [3.05, 3.63) is 64.4 Å². The van der Waals surface area contributed by atoms with Gasteiger partial charge in [-0.05, 0) is 56.7 Å². The summed E-state index contributed by atoms with van der Waals surface area (Å²) in [5, 5.41) is 1.33. The predicted octanol–water partition coefficient (Wildman–Crippen LogP) is 4.32. The summed E-state index contributed by atoms with van der Waals surface area (Å²) < 4.78 is 17.1. The number of benzene rings is 2. The molecule has 0 radical (unpaired) electrons. The fourth-order valence-corrected chi connectivity index (χ4v) is 3.69. The molecule has 8 heteroatoms. The van der Waals surface area contributed by atoms with E-state index < -0.39 is 5.91 Å². The largest absolute Gasteiger partial charge is 0.484 e. The summed E-state index contributed by atoms with van der Waals surface area (Å²) in [6.07, 6.45) is 1.05. The molecule has 0 bridgehead atoms. The second kappa shape index (κ2) is 8.67. The van der Waals surface area contributed by atoms with Crippen molar-refractivity contribution in [1.82, 2.24) is 0 Å². The number of ketones is 1. The molecular weight excluding hydrogens is 432 g/mol. The average Bonchev–Trinajstić information content (AvgIpc) is 3.29. The van der Waals surface area contributed by atoms with Gasteiger partial charge in [0.1, 0.15) is 17.9 Å². The maximum atomic E-state index is 13.3. The molecule has 0 fully saturated rings. The van der Waals surface area contributed by atoms with E-state index in [2.05, 4.69) is 4.99 Å². The molecule has 7 nitrogen and oxygen atoms in total.